The summed E-state index contributed by atoms with van der Waals surface area (Å²) >= 11 is 0. The van der Waals surface area contributed by atoms with Gasteiger partial charge < -0.3 is 11.1 Å². The van der Waals surface area contributed by atoms with E-state index in [2.05, 4.69) is 20.3 Å². The maximum Gasteiger partial charge on any atom is 0.451 e. The normalized spacial score (nSPS) is 11.3. The lowest BCUT2D eigenvalue weighted by Gasteiger charge is -2.09. The van der Waals surface area contributed by atoms with Crippen LogP contribution in [0.2, 0.25) is 0 Å². The van der Waals surface area contributed by atoms with E-state index in [0.29, 0.717) is 5.69 Å². The number of nitrogens with one attached hydrogen (secondary N) is 1. The van der Waals surface area contributed by atoms with Crippen LogP contribution < -0.4 is 11.1 Å². The molecule has 0 aliphatic carbocycles. The fourth-order valence-corrected chi connectivity index (χ4v) is 1.37. The van der Waals surface area contributed by atoms with E-state index < -0.39 is 12.0 Å². The third-order valence-corrected chi connectivity index (χ3v) is 2.18. The molecule has 2 rings (SSSR count). The number of alkyl halides is 3. The van der Waals surface area contributed by atoms with Crippen LogP contribution in [0.25, 0.3) is 0 Å². The summed E-state index contributed by atoms with van der Waals surface area (Å²) in [6.07, 6.45) is -3.04. The Labute approximate surface area is 106 Å². The molecule has 0 aliphatic heterocycles. The van der Waals surface area contributed by atoms with E-state index in [1.807, 2.05) is 0 Å². The fraction of sp³-hybridized carbons (Fsp3) is 0.182. The van der Waals surface area contributed by atoms with Gasteiger partial charge in [0.25, 0.3) is 0 Å². The second-order valence-electron chi connectivity index (χ2n) is 3.67. The molecule has 0 unspecified atom stereocenters. The number of hydrogen-bond donors (Lipinski definition) is 2. The third-order valence-electron chi connectivity index (χ3n) is 2.18. The molecule has 0 bridgehead atoms. The standard InChI is InChI=1S/C11H10F3N5/c12-11(13,14)10-18-8(15)5-9(19-10)17-6-7-3-1-2-4-16-7/h1-5H,6H2,(H3,15,17,18,19). The van der Waals surface area contributed by atoms with Gasteiger partial charge in [0.1, 0.15) is 11.6 Å². The first-order chi connectivity index (χ1) is 8.95. The van der Waals surface area contributed by atoms with Crippen molar-refractivity contribution in [1.82, 2.24) is 15.0 Å². The van der Waals surface area contributed by atoms with Gasteiger partial charge >= 0.3 is 6.18 Å². The van der Waals surface area contributed by atoms with Crippen molar-refractivity contribution in [1.29, 1.82) is 0 Å². The van der Waals surface area contributed by atoms with E-state index in [1.54, 1.807) is 24.4 Å². The van der Waals surface area contributed by atoms with Crippen LogP contribution in [-0.2, 0) is 12.7 Å². The van der Waals surface area contributed by atoms with Crippen molar-refractivity contribution >= 4 is 11.6 Å². The van der Waals surface area contributed by atoms with Crippen LogP contribution in [0.3, 0.4) is 0 Å². The van der Waals surface area contributed by atoms with E-state index in [0.717, 1.165) is 0 Å². The van der Waals surface area contributed by atoms with Crippen LogP contribution in [-0.4, -0.2) is 15.0 Å². The van der Waals surface area contributed by atoms with Gasteiger partial charge in [-0.3, -0.25) is 4.98 Å². The Kier molecular flexibility index (Phi) is 3.50. The minimum atomic E-state index is -4.63. The summed E-state index contributed by atoms with van der Waals surface area (Å²) in [7, 11) is 0. The Hall–Kier alpha value is -2.38. The third kappa shape index (κ3) is 3.54. The molecule has 100 valence electrons. The molecule has 3 N–H and O–H groups in total. The van der Waals surface area contributed by atoms with E-state index in [4.69, 9.17) is 5.73 Å². The molecule has 2 aromatic heterocycles. The number of nitrogen functional groups attached to an aromatic ring is 1. The molecule has 0 fully saturated rings. The number of nitrogens with zero attached hydrogens (tertiary/aromatic N) is 3. The van der Waals surface area contributed by atoms with Crippen LogP contribution in [0.1, 0.15) is 11.5 Å². The molecular formula is C11H10F3N5. The van der Waals surface area contributed by atoms with Gasteiger partial charge in [0.05, 0.1) is 12.2 Å². The van der Waals surface area contributed by atoms with Gasteiger partial charge in [-0.2, -0.15) is 13.2 Å². The highest BCUT2D eigenvalue weighted by molar-refractivity contribution is 5.45. The van der Waals surface area contributed by atoms with E-state index in [1.165, 1.54) is 6.07 Å². The first-order valence-electron chi connectivity index (χ1n) is 5.30. The van der Waals surface area contributed by atoms with Crippen molar-refractivity contribution in [2.75, 3.05) is 11.1 Å². The summed E-state index contributed by atoms with van der Waals surface area (Å²) in [6.45, 7) is 0.245. The lowest BCUT2D eigenvalue weighted by molar-refractivity contribution is -0.144. The Bertz CT molecular complexity index is 556. The summed E-state index contributed by atoms with van der Waals surface area (Å²) in [5, 5.41) is 2.72. The van der Waals surface area contributed by atoms with Crippen molar-refractivity contribution in [3.05, 3.63) is 42.0 Å². The van der Waals surface area contributed by atoms with Crippen molar-refractivity contribution in [2.24, 2.45) is 0 Å². The molecule has 0 aromatic carbocycles. The highest BCUT2D eigenvalue weighted by Gasteiger charge is 2.35. The van der Waals surface area contributed by atoms with Crippen LogP contribution >= 0.6 is 0 Å². The quantitative estimate of drug-likeness (QED) is 0.892. The average molecular weight is 269 g/mol. The molecule has 0 amide bonds. The summed E-state index contributed by atoms with van der Waals surface area (Å²) in [4.78, 5) is 10.5. The number of rotatable bonds is 3. The zero-order chi connectivity index (χ0) is 13.9. The predicted octanol–water partition coefficient (Wildman–Crippen LogP) is 2.08. The number of pyridine rings is 1. The van der Waals surface area contributed by atoms with Gasteiger partial charge in [0, 0.05) is 12.3 Å². The molecule has 0 spiro atoms. The minimum Gasteiger partial charge on any atom is -0.384 e. The number of halogens is 3. The molecule has 0 radical (unpaired) electrons. The first-order valence-corrected chi connectivity index (χ1v) is 5.30. The SMILES string of the molecule is Nc1cc(NCc2ccccn2)nc(C(F)(F)F)n1. The topological polar surface area (TPSA) is 76.7 Å². The van der Waals surface area contributed by atoms with Crippen LogP contribution in [0.4, 0.5) is 24.8 Å². The lowest BCUT2D eigenvalue weighted by atomic mass is 10.3. The van der Waals surface area contributed by atoms with Gasteiger partial charge in [-0.05, 0) is 12.1 Å². The Morgan fingerprint density at radius 2 is 2.00 bits per heavy atom. The molecule has 0 saturated carbocycles. The Balaban J connectivity index is 2.15. The highest BCUT2D eigenvalue weighted by Crippen LogP contribution is 2.27. The van der Waals surface area contributed by atoms with Crippen molar-refractivity contribution in [3.63, 3.8) is 0 Å². The molecule has 2 heterocycles. The molecule has 5 nitrogen and oxygen atoms in total. The lowest BCUT2D eigenvalue weighted by Crippen LogP contribution is -2.14. The van der Waals surface area contributed by atoms with Gasteiger partial charge in [-0.1, -0.05) is 6.07 Å². The summed E-state index contributed by atoms with van der Waals surface area (Å²) in [6, 6.07) is 6.49. The molecule has 2 aromatic rings. The smallest absolute Gasteiger partial charge is 0.384 e. The zero-order valence-corrected chi connectivity index (χ0v) is 9.65. The van der Waals surface area contributed by atoms with Crippen LogP contribution in [0, 0.1) is 0 Å². The molecule has 8 heteroatoms. The highest BCUT2D eigenvalue weighted by atomic mass is 19.4. The van der Waals surface area contributed by atoms with Gasteiger partial charge in [-0.25, -0.2) is 9.97 Å². The van der Waals surface area contributed by atoms with Crippen LogP contribution in [0.5, 0.6) is 0 Å². The maximum atomic E-state index is 12.5. The Morgan fingerprint density at radius 1 is 1.21 bits per heavy atom. The van der Waals surface area contributed by atoms with Crippen LogP contribution in [0.15, 0.2) is 30.5 Å². The number of hydrogen-bond acceptors (Lipinski definition) is 5. The second-order valence-corrected chi connectivity index (χ2v) is 3.67. The predicted molar refractivity (Wildman–Crippen MR) is 63.0 cm³/mol. The number of nitrogens with two attached hydrogens (primary N) is 1. The van der Waals surface area contributed by atoms with Gasteiger partial charge in [0.15, 0.2) is 0 Å². The summed E-state index contributed by atoms with van der Waals surface area (Å²) < 4.78 is 37.5. The number of anilines is 2. The van der Waals surface area contributed by atoms with Crippen molar-refractivity contribution in [3.8, 4) is 0 Å². The van der Waals surface area contributed by atoms with E-state index in [-0.39, 0.29) is 18.2 Å². The molecule has 0 saturated heterocycles. The largest absolute Gasteiger partial charge is 0.451 e. The fourth-order valence-electron chi connectivity index (χ4n) is 1.37. The molecule has 0 atom stereocenters. The Morgan fingerprint density at radius 3 is 2.63 bits per heavy atom. The first kappa shape index (κ1) is 13.1. The summed E-state index contributed by atoms with van der Waals surface area (Å²) in [5.41, 5.74) is 5.99. The number of aromatic nitrogens is 3. The van der Waals surface area contributed by atoms with Crippen molar-refractivity contribution in [2.45, 2.75) is 12.7 Å². The second kappa shape index (κ2) is 5.09. The van der Waals surface area contributed by atoms with Gasteiger partial charge in [0.2, 0.25) is 5.82 Å². The maximum absolute atomic E-state index is 12.5. The van der Waals surface area contributed by atoms with Crippen molar-refractivity contribution < 1.29 is 13.2 Å². The summed E-state index contributed by atoms with van der Waals surface area (Å²) in [5.74, 6) is -1.51. The minimum absolute atomic E-state index is 0.00507. The average Bonchev–Trinajstić information content (AvgIpc) is 2.36. The zero-order valence-electron chi connectivity index (χ0n) is 9.65. The molecule has 19 heavy (non-hydrogen) atoms. The van der Waals surface area contributed by atoms with Gasteiger partial charge in [-0.15, -0.1) is 0 Å². The monoisotopic (exact) mass is 269 g/mol. The van der Waals surface area contributed by atoms with E-state index in [9.17, 15) is 13.2 Å². The molecule has 0 aliphatic rings. The molecular weight excluding hydrogens is 259 g/mol. The van der Waals surface area contributed by atoms with E-state index >= 15 is 0 Å².